The summed E-state index contributed by atoms with van der Waals surface area (Å²) in [6.45, 7) is 5.69. The summed E-state index contributed by atoms with van der Waals surface area (Å²) in [5.74, 6) is 0. The number of rotatable bonds is 8. The van der Waals surface area contributed by atoms with Crippen LogP contribution in [-0.4, -0.2) is 34.5 Å². The predicted octanol–water partition coefficient (Wildman–Crippen LogP) is 2.92. The van der Waals surface area contributed by atoms with E-state index in [9.17, 15) is 0 Å². The Balaban J connectivity index is 2.24. The zero-order valence-corrected chi connectivity index (χ0v) is 11.4. The second-order valence-electron chi connectivity index (χ2n) is 4.79. The van der Waals surface area contributed by atoms with E-state index >= 15 is 0 Å². The van der Waals surface area contributed by atoms with Gasteiger partial charge in [-0.15, -0.1) is 0 Å². The van der Waals surface area contributed by atoms with Crippen LogP contribution in [0.2, 0.25) is 0 Å². The van der Waals surface area contributed by atoms with Crippen LogP contribution in [0.3, 0.4) is 0 Å². The van der Waals surface area contributed by atoms with E-state index in [2.05, 4.69) is 35.8 Å². The third-order valence-electron chi connectivity index (χ3n) is 3.24. The average molecular weight is 235 g/mol. The third-order valence-corrected chi connectivity index (χ3v) is 3.24. The van der Waals surface area contributed by atoms with Crippen LogP contribution in [0.5, 0.6) is 0 Å². The molecule has 0 radical (unpaired) electrons. The lowest BCUT2D eigenvalue weighted by atomic mass is 10.1. The second-order valence-corrected chi connectivity index (χ2v) is 4.79. The average Bonchev–Trinajstić information content (AvgIpc) is 2.35. The van der Waals surface area contributed by atoms with Gasteiger partial charge in [0.05, 0.1) is 5.69 Å². The summed E-state index contributed by atoms with van der Waals surface area (Å²) in [7, 11) is 2.20. The Morgan fingerprint density at radius 2 is 2.06 bits per heavy atom. The molecule has 1 rings (SSSR count). The highest BCUT2D eigenvalue weighted by Crippen LogP contribution is 2.06. The van der Waals surface area contributed by atoms with E-state index < -0.39 is 0 Å². The lowest BCUT2D eigenvalue weighted by molar-refractivity contribution is 0.249. The lowest BCUT2D eigenvalue weighted by Crippen LogP contribution is -2.32. The molecule has 96 valence electrons. The summed E-state index contributed by atoms with van der Waals surface area (Å²) in [4.78, 5) is 10.8. The van der Waals surface area contributed by atoms with Crippen LogP contribution in [0.15, 0.2) is 18.6 Å². The minimum Gasteiger partial charge on any atom is -0.303 e. The highest BCUT2D eigenvalue weighted by atomic mass is 15.1. The van der Waals surface area contributed by atoms with Crippen LogP contribution < -0.4 is 0 Å². The van der Waals surface area contributed by atoms with Crippen molar-refractivity contribution in [1.29, 1.82) is 0 Å². The molecular weight excluding hydrogens is 210 g/mol. The molecule has 0 aliphatic carbocycles. The largest absolute Gasteiger partial charge is 0.303 e. The van der Waals surface area contributed by atoms with E-state index in [1.165, 1.54) is 32.2 Å². The minimum absolute atomic E-state index is 0.535. The minimum atomic E-state index is 0.535. The van der Waals surface area contributed by atoms with Crippen LogP contribution in [0.25, 0.3) is 0 Å². The van der Waals surface area contributed by atoms with Crippen molar-refractivity contribution in [3.05, 3.63) is 24.3 Å². The summed E-state index contributed by atoms with van der Waals surface area (Å²) in [5.41, 5.74) is 1.08. The van der Waals surface area contributed by atoms with Gasteiger partial charge in [0.2, 0.25) is 0 Å². The van der Waals surface area contributed by atoms with Crippen LogP contribution in [0.4, 0.5) is 0 Å². The normalized spacial score (nSPS) is 12.9. The van der Waals surface area contributed by atoms with Crippen molar-refractivity contribution < 1.29 is 0 Å². The standard InChI is InChI=1S/C14H25N3/c1-4-5-6-7-10-17(3)13(2)11-14-12-15-8-9-16-14/h8-9,12-13H,4-7,10-11H2,1-3H3/t13-/m0/s1. The summed E-state index contributed by atoms with van der Waals surface area (Å²) >= 11 is 0. The summed E-state index contributed by atoms with van der Waals surface area (Å²) in [6, 6.07) is 0.535. The van der Waals surface area contributed by atoms with Gasteiger partial charge in [0.1, 0.15) is 0 Å². The molecule has 0 bridgehead atoms. The number of likely N-dealkylation sites (N-methyl/N-ethyl adjacent to an activating group) is 1. The van der Waals surface area contributed by atoms with Crippen molar-refractivity contribution in [1.82, 2.24) is 14.9 Å². The Kier molecular flexibility index (Phi) is 6.78. The molecule has 0 aliphatic heterocycles. The molecule has 0 saturated carbocycles. The molecule has 0 saturated heterocycles. The molecule has 0 amide bonds. The smallest absolute Gasteiger partial charge is 0.0602 e. The number of nitrogens with zero attached hydrogens (tertiary/aromatic N) is 3. The third kappa shape index (κ3) is 5.78. The zero-order chi connectivity index (χ0) is 12.5. The van der Waals surface area contributed by atoms with E-state index in [0.717, 1.165) is 12.1 Å². The van der Waals surface area contributed by atoms with Gasteiger partial charge in [0.15, 0.2) is 0 Å². The van der Waals surface area contributed by atoms with Gasteiger partial charge in [-0.1, -0.05) is 26.2 Å². The maximum Gasteiger partial charge on any atom is 0.0602 e. The molecule has 0 aromatic carbocycles. The molecule has 1 heterocycles. The van der Waals surface area contributed by atoms with E-state index in [4.69, 9.17) is 0 Å². The molecular formula is C14H25N3. The first-order valence-electron chi connectivity index (χ1n) is 6.69. The molecule has 1 atom stereocenters. The van der Waals surface area contributed by atoms with Crippen molar-refractivity contribution in [3.8, 4) is 0 Å². The van der Waals surface area contributed by atoms with Crippen LogP contribution in [-0.2, 0) is 6.42 Å². The highest BCUT2D eigenvalue weighted by molar-refractivity contribution is 4.97. The summed E-state index contributed by atoms with van der Waals surface area (Å²) < 4.78 is 0. The Morgan fingerprint density at radius 1 is 1.24 bits per heavy atom. The molecule has 3 heteroatoms. The fourth-order valence-corrected chi connectivity index (χ4v) is 1.90. The van der Waals surface area contributed by atoms with Gasteiger partial charge in [-0.05, 0) is 26.9 Å². The molecule has 3 nitrogen and oxygen atoms in total. The topological polar surface area (TPSA) is 29.0 Å². The predicted molar refractivity (Wildman–Crippen MR) is 72.0 cm³/mol. The van der Waals surface area contributed by atoms with Crippen molar-refractivity contribution in [2.45, 2.75) is 52.0 Å². The highest BCUT2D eigenvalue weighted by Gasteiger charge is 2.10. The monoisotopic (exact) mass is 235 g/mol. The van der Waals surface area contributed by atoms with Crippen molar-refractivity contribution in [2.24, 2.45) is 0 Å². The first-order valence-corrected chi connectivity index (χ1v) is 6.69. The first kappa shape index (κ1) is 14.1. The van der Waals surface area contributed by atoms with Gasteiger partial charge < -0.3 is 4.90 Å². The lowest BCUT2D eigenvalue weighted by Gasteiger charge is -2.24. The van der Waals surface area contributed by atoms with Gasteiger partial charge in [-0.2, -0.15) is 0 Å². The Bertz CT molecular complexity index is 287. The number of hydrogen-bond donors (Lipinski definition) is 0. The maximum atomic E-state index is 4.32. The SMILES string of the molecule is CCCCCCN(C)[C@@H](C)Cc1cnccn1. The van der Waals surface area contributed by atoms with E-state index in [1.807, 2.05) is 6.20 Å². The number of hydrogen-bond acceptors (Lipinski definition) is 3. The molecule has 0 N–H and O–H groups in total. The number of unbranched alkanes of at least 4 members (excludes halogenated alkanes) is 3. The van der Waals surface area contributed by atoms with Gasteiger partial charge in [0.25, 0.3) is 0 Å². The zero-order valence-electron chi connectivity index (χ0n) is 11.4. The van der Waals surface area contributed by atoms with Crippen LogP contribution in [0, 0.1) is 0 Å². The quantitative estimate of drug-likeness (QED) is 0.649. The fourth-order valence-electron chi connectivity index (χ4n) is 1.90. The van der Waals surface area contributed by atoms with Crippen LogP contribution >= 0.6 is 0 Å². The second kappa shape index (κ2) is 8.18. The molecule has 0 fully saturated rings. The van der Waals surface area contributed by atoms with Gasteiger partial charge >= 0.3 is 0 Å². The van der Waals surface area contributed by atoms with Gasteiger partial charge in [-0.3, -0.25) is 9.97 Å². The molecule has 1 aromatic rings. The summed E-state index contributed by atoms with van der Waals surface area (Å²) in [5, 5.41) is 0. The molecule has 17 heavy (non-hydrogen) atoms. The van der Waals surface area contributed by atoms with Gasteiger partial charge in [-0.25, -0.2) is 0 Å². The molecule has 0 spiro atoms. The van der Waals surface area contributed by atoms with Crippen molar-refractivity contribution >= 4 is 0 Å². The van der Waals surface area contributed by atoms with E-state index in [0.29, 0.717) is 6.04 Å². The Labute approximate surface area is 105 Å². The summed E-state index contributed by atoms with van der Waals surface area (Å²) in [6.07, 6.45) is 11.6. The number of aromatic nitrogens is 2. The van der Waals surface area contributed by atoms with Crippen molar-refractivity contribution in [3.63, 3.8) is 0 Å². The van der Waals surface area contributed by atoms with E-state index in [1.54, 1.807) is 12.4 Å². The molecule has 0 unspecified atom stereocenters. The van der Waals surface area contributed by atoms with E-state index in [-0.39, 0.29) is 0 Å². The fraction of sp³-hybridized carbons (Fsp3) is 0.714. The Hall–Kier alpha value is -0.960. The molecule has 0 aliphatic rings. The Morgan fingerprint density at radius 3 is 2.71 bits per heavy atom. The molecule has 1 aromatic heterocycles. The van der Waals surface area contributed by atoms with Crippen molar-refractivity contribution in [2.75, 3.05) is 13.6 Å². The van der Waals surface area contributed by atoms with Crippen LogP contribution in [0.1, 0.15) is 45.2 Å². The van der Waals surface area contributed by atoms with Gasteiger partial charge in [0, 0.05) is 31.1 Å². The maximum absolute atomic E-state index is 4.32. The first-order chi connectivity index (χ1) is 8.24.